The fraction of sp³-hybridized carbons (Fsp3) is 0.500. The molecule has 1 unspecified atom stereocenters. The number of nitrogens with one attached hydrogen (secondary N) is 2. The second kappa shape index (κ2) is 9.62. The molecule has 2 atom stereocenters. The van der Waals surface area contributed by atoms with Gasteiger partial charge in [0.1, 0.15) is 5.69 Å². The Labute approximate surface area is 154 Å². The highest BCUT2D eigenvalue weighted by Crippen LogP contribution is 2.15. The first-order valence-electron chi connectivity index (χ1n) is 9.24. The van der Waals surface area contributed by atoms with Gasteiger partial charge in [-0.05, 0) is 37.9 Å². The molecule has 0 spiro atoms. The lowest BCUT2D eigenvalue weighted by Crippen LogP contribution is -2.48. The Hall–Kier alpha value is -2.02. The van der Waals surface area contributed by atoms with E-state index in [4.69, 9.17) is 9.47 Å². The van der Waals surface area contributed by atoms with E-state index in [1.807, 2.05) is 30.3 Å². The lowest BCUT2D eigenvalue weighted by atomic mass is 10.0. The van der Waals surface area contributed by atoms with Crippen LogP contribution in [0.4, 0.5) is 0 Å². The zero-order valence-electron chi connectivity index (χ0n) is 15.2. The Morgan fingerprint density at radius 3 is 2.96 bits per heavy atom. The molecule has 26 heavy (non-hydrogen) atoms. The summed E-state index contributed by atoms with van der Waals surface area (Å²) in [5.41, 5.74) is 1.28. The van der Waals surface area contributed by atoms with Gasteiger partial charge in [-0.1, -0.05) is 24.3 Å². The van der Waals surface area contributed by atoms with Crippen LogP contribution in [0.5, 0.6) is 0 Å². The van der Waals surface area contributed by atoms with Crippen LogP contribution >= 0.6 is 0 Å². The number of aromatic nitrogens is 1. The molecular formula is C20H27N3O3. The standard InChI is InChI=1S/C20H27N3O3/c1-25-13-14-26-12-10-18(17-7-4-11-21-17)23-20(24)19-9-8-15-5-2-3-6-16(15)22-19/h2-3,5-6,8-9,17-18,21H,4,7,10-14H2,1H3,(H,23,24)/t17-,18?/m0/s1. The number of nitrogens with zero attached hydrogens (tertiary/aromatic N) is 1. The van der Waals surface area contributed by atoms with Crippen LogP contribution in [-0.4, -0.2) is 56.5 Å². The minimum absolute atomic E-state index is 0.0285. The van der Waals surface area contributed by atoms with Crippen molar-refractivity contribution in [3.05, 3.63) is 42.1 Å². The molecule has 1 saturated heterocycles. The van der Waals surface area contributed by atoms with E-state index in [1.165, 1.54) is 0 Å². The largest absolute Gasteiger partial charge is 0.382 e. The van der Waals surface area contributed by atoms with Crippen LogP contribution < -0.4 is 10.6 Å². The molecule has 0 bridgehead atoms. The molecule has 140 valence electrons. The van der Waals surface area contributed by atoms with Crippen LogP contribution in [0.3, 0.4) is 0 Å². The number of para-hydroxylation sites is 1. The number of benzene rings is 1. The third-order valence-electron chi connectivity index (χ3n) is 4.74. The van der Waals surface area contributed by atoms with Crippen LogP contribution in [0.15, 0.2) is 36.4 Å². The van der Waals surface area contributed by atoms with Crippen molar-refractivity contribution in [3.63, 3.8) is 0 Å². The number of pyridine rings is 1. The van der Waals surface area contributed by atoms with Gasteiger partial charge < -0.3 is 20.1 Å². The van der Waals surface area contributed by atoms with Gasteiger partial charge >= 0.3 is 0 Å². The Kier molecular flexibility index (Phi) is 6.94. The number of fused-ring (bicyclic) bond motifs is 1. The summed E-state index contributed by atoms with van der Waals surface area (Å²) in [6.45, 7) is 2.74. The number of methoxy groups -OCH3 is 1. The molecule has 3 rings (SSSR count). The molecule has 1 amide bonds. The zero-order chi connectivity index (χ0) is 18.2. The molecule has 2 aromatic rings. The summed E-state index contributed by atoms with van der Waals surface area (Å²) < 4.78 is 10.6. The number of carbonyl (C=O) groups excluding carboxylic acids is 1. The highest BCUT2D eigenvalue weighted by molar-refractivity contribution is 5.95. The third kappa shape index (κ3) is 5.00. The second-order valence-electron chi connectivity index (χ2n) is 6.57. The summed E-state index contributed by atoms with van der Waals surface area (Å²) in [4.78, 5) is 17.2. The number of amides is 1. The Morgan fingerprint density at radius 2 is 2.15 bits per heavy atom. The van der Waals surface area contributed by atoms with Gasteiger partial charge in [-0.2, -0.15) is 0 Å². The van der Waals surface area contributed by atoms with E-state index in [0.717, 1.165) is 36.7 Å². The lowest BCUT2D eigenvalue weighted by molar-refractivity contribution is 0.0629. The average Bonchev–Trinajstić information content (AvgIpc) is 3.21. The van der Waals surface area contributed by atoms with Crippen molar-refractivity contribution in [3.8, 4) is 0 Å². The van der Waals surface area contributed by atoms with Gasteiger partial charge in [0.25, 0.3) is 5.91 Å². The maximum absolute atomic E-state index is 12.7. The van der Waals surface area contributed by atoms with Gasteiger partial charge in [0.05, 0.1) is 18.7 Å². The van der Waals surface area contributed by atoms with Gasteiger partial charge in [0, 0.05) is 31.2 Å². The van der Waals surface area contributed by atoms with Crippen molar-refractivity contribution in [2.45, 2.75) is 31.3 Å². The molecule has 1 aliphatic rings. The van der Waals surface area contributed by atoms with Crippen LogP contribution in [0.25, 0.3) is 10.9 Å². The van der Waals surface area contributed by atoms with Crippen molar-refractivity contribution in [1.29, 1.82) is 0 Å². The van der Waals surface area contributed by atoms with E-state index in [9.17, 15) is 4.79 Å². The summed E-state index contributed by atoms with van der Waals surface area (Å²) in [6, 6.07) is 11.8. The molecule has 2 heterocycles. The zero-order valence-corrected chi connectivity index (χ0v) is 15.2. The predicted molar refractivity (Wildman–Crippen MR) is 101 cm³/mol. The van der Waals surface area contributed by atoms with Crippen molar-refractivity contribution in [2.24, 2.45) is 0 Å². The van der Waals surface area contributed by atoms with E-state index in [2.05, 4.69) is 15.6 Å². The highest BCUT2D eigenvalue weighted by atomic mass is 16.5. The van der Waals surface area contributed by atoms with Crippen LogP contribution in [0.1, 0.15) is 29.8 Å². The summed E-state index contributed by atoms with van der Waals surface area (Å²) in [5.74, 6) is -0.133. The fourth-order valence-corrected chi connectivity index (χ4v) is 3.32. The van der Waals surface area contributed by atoms with Crippen LogP contribution in [-0.2, 0) is 9.47 Å². The minimum Gasteiger partial charge on any atom is -0.382 e. The van der Waals surface area contributed by atoms with E-state index < -0.39 is 0 Å². The van der Waals surface area contributed by atoms with Crippen molar-refractivity contribution >= 4 is 16.8 Å². The first kappa shape index (κ1) is 18.8. The van der Waals surface area contributed by atoms with Crippen molar-refractivity contribution in [1.82, 2.24) is 15.6 Å². The van der Waals surface area contributed by atoms with E-state index in [0.29, 0.717) is 25.5 Å². The van der Waals surface area contributed by atoms with E-state index in [1.54, 1.807) is 13.2 Å². The van der Waals surface area contributed by atoms with Gasteiger partial charge in [-0.3, -0.25) is 4.79 Å². The van der Waals surface area contributed by atoms with Crippen LogP contribution in [0, 0.1) is 0 Å². The SMILES string of the molecule is COCCOCCC(NC(=O)c1ccc2ccccc2n1)[C@@H]1CCCN1. The number of hydrogen-bond acceptors (Lipinski definition) is 5. The van der Waals surface area contributed by atoms with Gasteiger partial charge in [0.2, 0.25) is 0 Å². The molecule has 0 radical (unpaired) electrons. The molecular weight excluding hydrogens is 330 g/mol. The molecule has 1 aromatic carbocycles. The summed E-state index contributed by atoms with van der Waals surface area (Å²) >= 11 is 0. The molecule has 0 saturated carbocycles. The minimum atomic E-state index is -0.133. The summed E-state index contributed by atoms with van der Waals surface area (Å²) in [5, 5.41) is 7.67. The van der Waals surface area contributed by atoms with Gasteiger partial charge in [0.15, 0.2) is 0 Å². The summed E-state index contributed by atoms with van der Waals surface area (Å²) in [7, 11) is 1.66. The van der Waals surface area contributed by atoms with Crippen LogP contribution in [0.2, 0.25) is 0 Å². The molecule has 2 N–H and O–H groups in total. The molecule has 1 aromatic heterocycles. The first-order valence-corrected chi connectivity index (χ1v) is 9.24. The Bertz CT molecular complexity index is 716. The van der Waals surface area contributed by atoms with Crippen molar-refractivity contribution in [2.75, 3.05) is 33.5 Å². The smallest absolute Gasteiger partial charge is 0.270 e. The number of ether oxygens (including phenoxy) is 2. The molecule has 6 heteroatoms. The van der Waals surface area contributed by atoms with Gasteiger partial charge in [-0.15, -0.1) is 0 Å². The fourth-order valence-electron chi connectivity index (χ4n) is 3.32. The molecule has 0 aliphatic carbocycles. The number of rotatable bonds is 9. The first-order chi connectivity index (χ1) is 12.8. The highest BCUT2D eigenvalue weighted by Gasteiger charge is 2.26. The van der Waals surface area contributed by atoms with E-state index in [-0.39, 0.29) is 18.0 Å². The average molecular weight is 357 g/mol. The predicted octanol–water partition coefficient (Wildman–Crippen LogP) is 2.14. The van der Waals surface area contributed by atoms with Crippen molar-refractivity contribution < 1.29 is 14.3 Å². The maximum Gasteiger partial charge on any atom is 0.270 e. The number of hydrogen-bond donors (Lipinski definition) is 2. The third-order valence-corrected chi connectivity index (χ3v) is 4.74. The number of carbonyl (C=O) groups is 1. The Balaban J connectivity index is 1.63. The monoisotopic (exact) mass is 357 g/mol. The normalized spacial score (nSPS) is 18.1. The van der Waals surface area contributed by atoms with E-state index >= 15 is 0 Å². The molecule has 1 fully saturated rings. The quantitative estimate of drug-likeness (QED) is 0.673. The maximum atomic E-state index is 12.7. The molecule has 6 nitrogen and oxygen atoms in total. The van der Waals surface area contributed by atoms with Gasteiger partial charge in [-0.25, -0.2) is 4.98 Å². The lowest BCUT2D eigenvalue weighted by Gasteiger charge is -2.25. The summed E-state index contributed by atoms with van der Waals surface area (Å²) in [6.07, 6.45) is 2.96. The molecule has 1 aliphatic heterocycles. The second-order valence-corrected chi connectivity index (χ2v) is 6.57. The topological polar surface area (TPSA) is 72.5 Å². The Morgan fingerprint density at radius 1 is 1.27 bits per heavy atom.